The van der Waals surface area contributed by atoms with E-state index in [-0.39, 0.29) is 10.6 Å². The summed E-state index contributed by atoms with van der Waals surface area (Å²) in [5.41, 5.74) is 1.89. The molecular formula is C20H13BrN2O3S2. The van der Waals surface area contributed by atoms with Gasteiger partial charge >= 0.3 is 10.1 Å². The van der Waals surface area contributed by atoms with Crippen LogP contribution in [0.15, 0.2) is 88.6 Å². The monoisotopic (exact) mass is 472 g/mol. The van der Waals surface area contributed by atoms with Crippen LogP contribution in [0.25, 0.3) is 21.0 Å². The van der Waals surface area contributed by atoms with Crippen LogP contribution in [0.1, 0.15) is 0 Å². The SMILES string of the molecule is O=S(=O)(Oc1ccc(-c2cnc(-c3cccnc3)s2)cc1)c1ccccc1Br. The summed E-state index contributed by atoms with van der Waals surface area (Å²) in [6.07, 6.45) is 5.28. The molecule has 0 atom stereocenters. The molecule has 0 aliphatic carbocycles. The number of benzene rings is 2. The van der Waals surface area contributed by atoms with Gasteiger partial charge in [-0.1, -0.05) is 12.1 Å². The van der Waals surface area contributed by atoms with Crippen LogP contribution in [0.5, 0.6) is 5.75 Å². The quantitative estimate of drug-likeness (QED) is 0.363. The minimum atomic E-state index is -3.92. The molecule has 0 radical (unpaired) electrons. The summed E-state index contributed by atoms with van der Waals surface area (Å²) in [7, 11) is -3.92. The summed E-state index contributed by atoms with van der Waals surface area (Å²) in [5.74, 6) is 0.247. The van der Waals surface area contributed by atoms with Crippen molar-refractivity contribution < 1.29 is 12.6 Å². The van der Waals surface area contributed by atoms with Crippen molar-refractivity contribution in [2.75, 3.05) is 0 Å². The van der Waals surface area contributed by atoms with Gasteiger partial charge in [-0.05, 0) is 70.0 Å². The van der Waals surface area contributed by atoms with Crippen molar-refractivity contribution >= 4 is 37.4 Å². The molecule has 0 N–H and O–H groups in total. The van der Waals surface area contributed by atoms with Crippen molar-refractivity contribution in [3.63, 3.8) is 0 Å². The zero-order valence-corrected chi connectivity index (χ0v) is 17.5. The zero-order chi connectivity index (χ0) is 19.6. The first kappa shape index (κ1) is 18.8. The minimum absolute atomic E-state index is 0.0858. The number of pyridine rings is 1. The Morgan fingerprint density at radius 3 is 2.39 bits per heavy atom. The summed E-state index contributed by atoms with van der Waals surface area (Å²) in [4.78, 5) is 9.61. The summed E-state index contributed by atoms with van der Waals surface area (Å²) in [6, 6.07) is 17.2. The van der Waals surface area contributed by atoms with E-state index in [0.29, 0.717) is 4.47 Å². The largest absolute Gasteiger partial charge is 0.379 e. The van der Waals surface area contributed by atoms with E-state index in [4.69, 9.17) is 4.18 Å². The van der Waals surface area contributed by atoms with Gasteiger partial charge in [0.2, 0.25) is 0 Å². The molecule has 0 unspecified atom stereocenters. The van der Waals surface area contributed by atoms with E-state index >= 15 is 0 Å². The molecule has 0 aliphatic rings. The molecule has 4 rings (SSSR count). The van der Waals surface area contributed by atoms with Crippen molar-refractivity contribution in [2.45, 2.75) is 4.90 Å². The van der Waals surface area contributed by atoms with Crippen molar-refractivity contribution in [3.05, 3.63) is 83.7 Å². The lowest BCUT2D eigenvalue weighted by atomic mass is 10.2. The van der Waals surface area contributed by atoms with Crippen LogP contribution in [0.2, 0.25) is 0 Å². The Labute approximate surface area is 174 Å². The van der Waals surface area contributed by atoms with Gasteiger partial charge in [-0.25, -0.2) is 4.98 Å². The Bertz CT molecular complexity index is 1210. The zero-order valence-electron chi connectivity index (χ0n) is 14.3. The Hall–Kier alpha value is -2.55. The first-order valence-corrected chi connectivity index (χ1v) is 11.2. The molecule has 0 saturated heterocycles. The van der Waals surface area contributed by atoms with Gasteiger partial charge in [0.25, 0.3) is 0 Å². The van der Waals surface area contributed by atoms with E-state index in [0.717, 1.165) is 21.0 Å². The van der Waals surface area contributed by atoms with Crippen LogP contribution in [-0.2, 0) is 10.1 Å². The summed E-state index contributed by atoms with van der Waals surface area (Å²) < 4.78 is 30.7. The fourth-order valence-corrected chi connectivity index (χ4v) is 5.32. The number of thiazole rings is 1. The molecule has 5 nitrogen and oxygen atoms in total. The first-order chi connectivity index (χ1) is 13.5. The number of halogens is 1. The van der Waals surface area contributed by atoms with Gasteiger partial charge in [-0.3, -0.25) is 4.98 Å². The highest BCUT2D eigenvalue weighted by Crippen LogP contribution is 2.33. The Kier molecular flexibility index (Phi) is 5.25. The maximum atomic E-state index is 12.5. The van der Waals surface area contributed by atoms with Crippen LogP contribution < -0.4 is 4.18 Å². The van der Waals surface area contributed by atoms with Crippen molar-refractivity contribution in [2.24, 2.45) is 0 Å². The lowest BCUT2D eigenvalue weighted by Crippen LogP contribution is -2.10. The van der Waals surface area contributed by atoms with Gasteiger partial charge in [-0.15, -0.1) is 11.3 Å². The smallest absolute Gasteiger partial charge is 0.340 e. The summed E-state index contributed by atoms with van der Waals surface area (Å²) in [5, 5.41) is 0.875. The molecule has 2 heterocycles. The molecule has 4 aromatic rings. The average molecular weight is 473 g/mol. The van der Waals surface area contributed by atoms with E-state index in [2.05, 4.69) is 25.9 Å². The van der Waals surface area contributed by atoms with E-state index < -0.39 is 10.1 Å². The number of hydrogen-bond acceptors (Lipinski definition) is 6. The highest BCUT2D eigenvalue weighted by atomic mass is 79.9. The lowest BCUT2D eigenvalue weighted by molar-refractivity contribution is 0.485. The Morgan fingerprint density at radius 2 is 1.68 bits per heavy atom. The Balaban J connectivity index is 1.55. The van der Waals surface area contributed by atoms with E-state index in [1.165, 1.54) is 6.07 Å². The summed E-state index contributed by atoms with van der Waals surface area (Å²) >= 11 is 4.78. The molecule has 2 aromatic carbocycles. The topological polar surface area (TPSA) is 69.2 Å². The van der Waals surface area contributed by atoms with Gasteiger partial charge in [0.1, 0.15) is 15.7 Å². The van der Waals surface area contributed by atoms with Crippen LogP contribution in [0.4, 0.5) is 0 Å². The normalized spacial score (nSPS) is 11.3. The third-order valence-corrected chi connectivity index (χ3v) is 7.22. The molecule has 0 aliphatic heterocycles. The van der Waals surface area contributed by atoms with Crippen LogP contribution in [0.3, 0.4) is 0 Å². The highest BCUT2D eigenvalue weighted by molar-refractivity contribution is 9.10. The molecule has 8 heteroatoms. The standard InChI is InChI=1S/C20H13BrN2O3S2/c21-17-5-1-2-6-19(17)28(24,25)26-16-9-7-14(8-10-16)18-13-23-20(27-18)15-4-3-11-22-12-15/h1-13H. The molecule has 28 heavy (non-hydrogen) atoms. The molecule has 140 valence electrons. The molecular weight excluding hydrogens is 460 g/mol. The van der Waals surface area contributed by atoms with Gasteiger partial charge in [0, 0.05) is 28.6 Å². The average Bonchev–Trinajstić information content (AvgIpc) is 3.19. The highest BCUT2D eigenvalue weighted by Gasteiger charge is 2.19. The molecule has 0 spiro atoms. The summed E-state index contributed by atoms with van der Waals surface area (Å²) in [6.45, 7) is 0. The molecule has 0 saturated carbocycles. The number of aromatic nitrogens is 2. The molecule has 0 amide bonds. The van der Waals surface area contributed by atoms with Gasteiger partial charge in [0.05, 0.1) is 4.88 Å². The minimum Gasteiger partial charge on any atom is -0.379 e. The number of nitrogens with zero attached hydrogens (tertiary/aromatic N) is 2. The Morgan fingerprint density at radius 1 is 0.893 bits per heavy atom. The van der Waals surface area contributed by atoms with E-state index in [1.807, 2.05) is 24.3 Å². The second-order valence-electron chi connectivity index (χ2n) is 5.76. The second-order valence-corrected chi connectivity index (χ2v) is 9.16. The van der Waals surface area contributed by atoms with Gasteiger partial charge < -0.3 is 4.18 Å². The van der Waals surface area contributed by atoms with Crippen LogP contribution in [-0.4, -0.2) is 18.4 Å². The predicted molar refractivity (Wildman–Crippen MR) is 113 cm³/mol. The number of rotatable bonds is 5. The molecule has 2 aromatic heterocycles. The van der Waals surface area contributed by atoms with Crippen LogP contribution >= 0.6 is 27.3 Å². The van der Waals surface area contributed by atoms with Crippen molar-refractivity contribution in [1.82, 2.24) is 9.97 Å². The van der Waals surface area contributed by atoms with Crippen LogP contribution in [0, 0.1) is 0 Å². The lowest BCUT2D eigenvalue weighted by Gasteiger charge is -2.08. The third kappa shape index (κ3) is 3.99. The maximum absolute atomic E-state index is 12.5. The van der Waals surface area contributed by atoms with Gasteiger partial charge in [0.15, 0.2) is 0 Å². The van der Waals surface area contributed by atoms with E-state index in [1.54, 1.807) is 60.3 Å². The van der Waals surface area contributed by atoms with Gasteiger partial charge in [-0.2, -0.15) is 8.42 Å². The molecule has 0 bridgehead atoms. The van der Waals surface area contributed by atoms with Crippen molar-refractivity contribution in [3.8, 4) is 26.8 Å². The fraction of sp³-hybridized carbons (Fsp3) is 0. The predicted octanol–water partition coefficient (Wildman–Crippen LogP) is 5.40. The molecule has 0 fully saturated rings. The third-order valence-electron chi connectivity index (χ3n) is 3.86. The fourth-order valence-electron chi connectivity index (χ4n) is 2.52. The number of hydrogen-bond donors (Lipinski definition) is 0. The maximum Gasteiger partial charge on any atom is 0.340 e. The second kappa shape index (κ2) is 7.83. The first-order valence-electron chi connectivity index (χ1n) is 8.19. The van der Waals surface area contributed by atoms with Crippen molar-refractivity contribution in [1.29, 1.82) is 0 Å². The van der Waals surface area contributed by atoms with E-state index in [9.17, 15) is 8.42 Å².